The number of guanidine groups is 1. The maximum atomic E-state index is 4.83. The van der Waals surface area contributed by atoms with Gasteiger partial charge in [-0.1, -0.05) is 6.92 Å². The van der Waals surface area contributed by atoms with Gasteiger partial charge in [0.25, 0.3) is 0 Å². The van der Waals surface area contributed by atoms with E-state index in [2.05, 4.69) is 48.1 Å². The topological polar surface area (TPSA) is 42.9 Å². The van der Waals surface area contributed by atoms with Gasteiger partial charge in [0.05, 0.1) is 6.54 Å². The van der Waals surface area contributed by atoms with E-state index in [9.17, 15) is 0 Å². The molecule has 0 aromatic carbocycles. The van der Waals surface area contributed by atoms with Gasteiger partial charge in [0.1, 0.15) is 0 Å². The van der Waals surface area contributed by atoms with Crippen molar-refractivity contribution in [1.82, 2.24) is 20.4 Å². The van der Waals surface area contributed by atoms with Crippen LogP contribution >= 0.6 is 0 Å². The highest BCUT2D eigenvalue weighted by molar-refractivity contribution is 5.80. The molecule has 0 unspecified atom stereocenters. The number of nitrogens with one attached hydrogen (secondary N) is 2. The first kappa shape index (κ1) is 19.5. The van der Waals surface area contributed by atoms with Crippen LogP contribution in [0.2, 0.25) is 0 Å². The fraction of sp³-hybridized carbons (Fsp3) is 0.947. The summed E-state index contributed by atoms with van der Waals surface area (Å²) in [7, 11) is 0. The molecule has 0 radical (unpaired) electrons. The van der Waals surface area contributed by atoms with E-state index >= 15 is 0 Å². The third-order valence-corrected chi connectivity index (χ3v) is 5.12. The molecule has 2 N–H and O–H groups in total. The molecule has 1 aliphatic carbocycles. The van der Waals surface area contributed by atoms with Crippen LogP contribution in [0.3, 0.4) is 0 Å². The minimum Gasteiger partial charge on any atom is -0.357 e. The van der Waals surface area contributed by atoms with Crippen molar-refractivity contribution in [2.75, 3.05) is 39.3 Å². The molecular weight excluding hydrogens is 298 g/mol. The number of likely N-dealkylation sites (tertiary alicyclic amines) is 1. The van der Waals surface area contributed by atoms with Crippen molar-refractivity contribution in [2.45, 2.75) is 77.9 Å². The standard InChI is InChI=1S/C19H39N5/c1-5-12-23-13-9-17(10-14-23)22-19(20-6-2)21-11-15-24(16(3)4)18-7-8-18/h16-18H,5-15H2,1-4H3,(H2,20,21,22). The lowest BCUT2D eigenvalue weighted by Crippen LogP contribution is -2.49. The van der Waals surface area contributed by atoms with E-state index in [-0.39, 0.29) is 0 Å². The predicted octanol–water partition coefficient (Wildman–Crippen LogP) is 2.29. The molecule has 1 aliphatic heterocycles. The van der Waals surface area contributed by atoms with Crippen LogP contribution in [0.5, 0.6) is 0 Å². The van der Waals surface area contributed by atoms with Gasteiger partial charge in [0.15, 0.2) is 5.96 Å². The molecule has 1 saturated heterocycles. The van der Waals surface area contributed by atoms with Gasteiger partial charge in [0.2, 0.25) is 0 Å². The number of piperidine rings is 1. The monoisotopic (exact) mass is 337 g/mol. The summed E-state index contributed by atoms with van der Waals surface area (Å²) in [5, 5.41) is 7.08. The van der Waals surface area contributed by atoms with Crippen LogP contribution in [0.15, 0.2) is 4.99 Å². The molecule has 0 spiro atoms. The van der Waals surface area contributed by atoms with E-state index in [0.717, 1.165) is 31.6 Å². The summed E-state index contributed by atoms with van der Waals surface area (Å²) in [6, 6.07) is 2.02. The van der Waals surface area contributed by atoms with E-state index in [4.69, 9.17) is 4.99 Å². The van der Waals surface area contributed by atoms with Gasteiger partial charge in [-0.3, -0.25) is 9.89 Å². The molecular formula is C19H39N5. The van der Waals surface area contributed by atoms with E-state index in [1.807, 2.05) is 0 Å². The average molecular weight is 338 g/mol. The van der Waals surface area contributed by atoms with E-state index in [1.165, 1.54) is 51.7 Å². The molecule has 24 heavy (non-hydrogen) atoms. The van der Waals surface area contributed by atoms with Gasteiger partial charge >= 0.3 is 0 Å². The van der Waals surface area contributed by atoms with Crippen LogP contribution in [0.4, 0.5) is 0 Å². The Morgan fingerprint density at radius 2 is 1.88 bits per heavy atom. The Morgan fingerprint density at radius 1 is 1.17 bits per heavy atom. The summed E-state index contributed by atoms with van der Waals surface area (Å²) in [6.45, 7) is 15.6. The maximum Gasteiger partial charge on any atom is 0.191 e. The lowest BCUT2D eigenvalue weighted by molar-refractivity contribution is 0.206. The molecule has 1 saturated carbocycles. The number of nitrogens with zero attached hydrogens (tertiary/aromatic N) is 3. The Morgan fingerprint density at radius 3 is 2.42 bits per heavy atom. The smallest absolute Gasteiger partial charge is 0.191 e. The van der Waals surface area contributed by atoms with Crippen LogP contribution in [0.1, 0.15) is 59.8 Å². The quantitative estimate of drug-likeness (QED) is 0.500. The Labute approximate surface area is 149 Å². The molecule has 0 aromatic rings. The Bertz CT molecular complexity index is 368. The van der Waals surface area contributed by atoms with E-state index in [1.54, 1.807) is 0 Å². The highest BCUT2D eigenvalue weighted by Gasteiger charge is 2.30. The second-order valence-electron chi connectivity index (χ2n) is 7.58. The van der Waals surface area contributed by atoms with Crippen molar-refractivity contribution in [2.24, 2.45) is 4.99 Å². The molecule has 0 amide bonds. The summed E-state index contributed by atoms with van der Waals surface area (Å²) in [5.74, 6) is 1.01. The third-order valence-electron chi connectivity index (χ3n) is 5.12. The van der Waals surface area contributed by atoms with Gasteiger partial charge in [0, 0.05) is 44.3 Å². The fourth-order valence-electron chi connectivity index (χ4n) is 3.68. The van der Waals surface area contributed by atoms with Crippen LogP contribution in [-0.2, 0) is 0 Å². The van der Waals surface area contributed by atoms with Crippen molar-refractivity contribution >= 4 is 5.96 Å². The van der Waals surface area contributed by atoms with Crippen molar-refractivity contribution in [3.05, 3.63) is 0 Å². The SMILES string of the molecule is CCCN1CCC(NC(=NCCN(C(C)C)C2CC2)NCC)CC1. The van der Waals surface area contributed by atoms with Crippen molar-refractivity contribution in [1.29, 1.82) is 0 Å². The molecule has 5 heteroatoms. The molecule has 2 rings (SSSR count). The highest BCUT2D eigenvalue weighted by atomic mass is 15.2. The zero-order chi connectivity index (χ0) is 17.4. The first-order chi connectivity index (χ1) is 11.6. The van der Waals surface area contributed by atoms with Crippen LogP contribution in [0.25, 0.3) is 0 Å². The molecule has 0 aromatic heterocycles. The number of rotatable bonds is 9. The number of hydrogen-bond donors (Lipinski definition) is 2. The maximum absolute atomic E-state index is 4.83. The zero-order valence-electron chi connectivity index (χ0n) is 16.4. The van der Waals surface area contributed by atoms with Gasteiger partial charge in [-0.05, 0) is 59.4 Å². The van der Waals surface area contributed by atoms with Crippen LogP contribution in [-0.4, -0.2) is 73.2 Å². The molecule has 2 fully saturated rings. The largest absolute Gasteiger partial charge is 0.357 e. The zero-order valence-corrected chi connectivity index (χ0v) is 16.4. The second kappa shape index (κ2) is 10.2. The van der Waals surface area contributed by atoms with Gasteiger partial charge in [-0.25, -0.2) is 0 Å². The third kappa shape index (κ3) is 6.60. The Kier molecular flexibility index (Phi) is 8.33. The van der Waals surface area contributed by atoms with Gasteiger partial charge < -0.3 is 15.5 Å². The summed E-state index contributed by atoms with van der Waals surface area (Å²) < 4.78 is 0. The van der Waals surface area contributed by atoms with Crippen molar-refractivity contribution in [3.8, 4) is 0 Å². The Balaban J connectivity index is 1.76. The lowest BCUT2D eigenvalue weighted by Gasteiger charge is -2.33. The van der Waals surface area contributed by atoms with Crippen LogP contribution in [0, 0.1) is 0 Å². The number of hydrogen-bond acceptors (Lipinski definition) is 3. The lowest BCUT2D eigenvalue weighted by atomic mass is 10.1. The normalized spacial score (nSPS) is 20.8. The number of aliphatic imine (C=N–C) groups is 1. The minimum atomic E-state index is 0.570. The van der Waals surface area contributed by atoms with Gasteiger partial charge in [-0.2, -0.15) is 0 Å². The molecule has 0 atom stereocenters. The minimum absolute atomic E-state index is 0.570. The second-order valence-corrected chi connectivity index (χ2v) is 7.58. The van der Waals surface area contributed by atoms with E-state index in [0.29, 0.717) is 12.1 Å². The first-order valence-electron chi connectivity index (χ1n) is 10.2. The molecule has 0 bridgehead atoms. The molecule has 140 valence electrons. The fourth-order valence-corrected chi connectivity index (χ4v) is 3.68. The predicted molar refractivity (Wildman–Crippen MR) is 104 cm³/mol. The summed E-state index contributed by atoms with van der Waals surface area (Å²) in [5.41, 5.74) is 0. The average Bonchev–Trinajstić information content (AvgIpc) is 3.38. The summed E-state index contributed by atoms with van der Waals surface area (Å²) in [4.78, 5) is 10.0. The van der Waals surface area contributed by atoms with Crippen molar-refractivity contribution in [3.63, 3.8) is 0 Å². The Hall–Kier alpha value is -0.810. The first-order valence-corrected chi connectivity index (χ1v) is 10.2. The summed E-state index contributed by atoms with van der Waals surface area (Å²) >= 11 is 0. The molecule has 5 nitrogen and oxygen atoms in total. The highest BCUT2D eigenvalue weighted by Crippen LogP contribution is 2.28. The van der Waals surface area contributed by atoms with Crippen molar-refractivity contribution < 1.29 is 0 Å². The van der Waals surface area contributed by atoms with Crippen LogP contribution < -0.4 is 10.6 Å². The summed E-state index contributed by atoms with van der Waals surface area (Å²) in [6.07, 6.45) is 6.46. The van der Waals surface area contributed by atoms with Gasteiger partial charge in [-0.15, -0.1) is 0 Å². The molecule has 1 heterocycles. The van der Waals surface area contributed by atoms with E-state index < -0.39 is 0 Å². The molecule has 2 aliphatic rings.